The molecule has 1 saturated heterocycles. The lowest BCUT2D eigenvalue weighted by atomic mass is 9.99. The van der Waals surface area contributed by atoms with Gasteiger partial charge in [0.05, 0.1) is 18.9 Å². The van der Waals surface area contributed by atoms with E-state index < -0.39 is 0 Å². The van der Waals surface area contributed by atoms with Gasteiger partial charge in [0.15, 0.2) is 0 Å². The monoisotopic (exact) mass is 412 g/mol. The zero-order valence-electron chi connectivity index (χ0n) is 16.7. The van der Waals surface area contributed by atoms with Crippen molar-refractivity contribution in [3.05, 3.63) is 46.7 Å². The van der Waals surface area contributed by atoms with Gasteiger partial charge in [-0.2, -0.15) is 0 Å². The highest BCUT2D eigenvalue weighted by Gasteiger charge is 2.18. The predicted molar refractivity (Wildman–Crippen MR) is 115 cm³/mol. The van der Waals surface area contributed by atoms with Crippen LogP contribution in [0.4, 0.5) is 5.82 Å². The number of hydrogen-bond acceptors (Lipinski definition) is 6. The fraction of sp³-hybridized carbons (Fsp3) is 0.381. The molecule has 0 spiro atoms. The van der Waals surface area contributed by atoms with Gasteiger partial charge in [-0.3, -0.25) is 10.00 Å². The molecule has 152 valence electrons. The first-order chi connectivity index (χ1) is 14.0. The van der Waals surface area contributed by atoms with Crippen molar-refractivity contribution in [3.8, 4) is 22.4 Å². The number of nitrogens with two attached hydrogens (primary N) is 1. The minimum atomic E-state index is 0.245. The standard InChI is InChI=1S/C21H25ClN6O/c1-13(2)19-20(26-27-25-19)18-10-16(11-24-21(18)23)15-7-14(8-17(22)9-15)12-28-3-5-29-6-4-28/h7-11,13H,3-6,12H2,1-2H3,(H2,23,24)(H,25,26,27). The molecule has 8 heteroatoms. The number of H-pyrrole nitrogens is 1. The van der Waals surface area contributed by atoms with Crippen LogP contribution in [0.2, 0.25) is 5.02 Å². The number of ether oxygens (including phenoxy) is 1. The minimum absolute atomic E-state index is 0.245. The van der Waals surface area contributed by atoms with E-state index in [1.54, 1.807) is 6.20 Å². The summed E-state index contributed by atoms with van der Waals surface area (Å²) < 4.78 is 5.44. The smallest absolute Gasteiger partial charge is 0.132 e. The summed E-state index contributed by atoms with van der Waals surface area (Å²) in [5.41, 5.74) is 11.7. The van der Waals surface area contributed by atoms with E-state index in [0.717, 1.165) is 66.5 Å². The van der Waals surface area contributed by atoms with Crippen molar-refractivity contribution >= 4 is 17.4 Å². The molecule has 0 aliphatic carbocycles. The molecule has 1 aliphatic heterocycles. The number of aromatic amines is 1. The van der Waals surface area contributed by atoms with Gasteiger partial charge < -0.3 is 10.5 Å². The van der Waals surface area contributed by atoms with Gasteiger partial charge in [0.2, 0.25) is 0 Å². The summed E-state index contributed by atoms with van der Waals surface area (Å²) in [7, 11) is 0. The first-order valence-corrected chi connectivity index (χ1v) is 10.2. The Bertz CT molecular complexity index is 997. The molecule has 0 bridgehead atoms. The Labute approximate surface area is 175 Å². The van der Waals surface area contributed by atoms with Crippen molar-refractivity contribution in [1.29, 1.82) is 0 Å². The van der Waals surface area contributed by atoms with E-state index in [9.17, 15) is 0 Å². The third-order valence-corrected chi connectivity index (χ3v) is 5.35. The van der Waals surface area contributed by atoms with Crippen molar-refractivity contribution in [2.45, 2.75) is 26.3 Å². The average Bonchev–Trinajstić information content (AvgIpc) is 3.18. The van der Waals surface area contributed by atoms with Crippen LogP contribution in [0, 0.1) is 0 Å². The van der Waals surface area contributed by atoms with E-state index >= 15 is 0 Å². The van der Waals surface area contributed by atoms with Crippen molar-refractivity contribution in [2.24, 2.45) is 0 Å². The summed E-state index contributed by atoms with van der Waals surface area (Å²) in [6.45, 7) is 8.41. The first-order valence-electron chi connectivity index (χ1n) is 9.78. The van der Waals surface area contributed by atoms with Crippen LogP contribution in [0.15, 0.2) is 30.5 Å². The lowest BCUT2D eigenvalue weighted by Gasteiger charge is -2.26. The number of halogens is 1. The number of nitrogens with zero attached hydrogens (tertiary/aromatic N) is 4. The Morgan fingerprint density at radius 1 is 1.17 bits per heavy atom. The van der Waals surface area contributed by atoms with Gasteiger partial charge in [-0.05, 0) is 41.3 Å². The molecule has 1 fully saturated rings. The number of benzene rings is 1. The van der Waals surface area contributed by atoms with Gasteiger partial charge in [0, 0.05) is 42.0 Å². The maximum absolute atomic E-state index is 6.44. The van der Waals surface area contributed by atoms with Crippen molar-refractivity contribution in [3.63, 3.8) is 0 Å². The molecule has 0 unspecified atom stereocenters. The first kappa shape index (κ1) is 19.8. The Morgan fingerprint density at radius 2 is 1.97 bits per heavy atom. The number of nitrogen functional groups attached to an aromatic ring is 1. The molecule has 1 aromatic carbocycles. The molecule has 29 heavy (non-hydrogen) atoms. The molecule has 1 aliphatic rings. The van der Waals surface area contributed by atoms with Gasteiger partial charge in [0.1, 0.15) is 11.5 Å². The molecule has 3 heterocycles. The molecule has 0 atom stereocenters. The van der Waals surface area contributed by atoms with Gasteiger partial charge in [-0.25, -0.2) is 4.98 Å². The van der Waals surface area contributed by atoms with Crippen LogP contribution in [-0.4, -0.2) is 51.6 Å². The molecular formula is C21H25ClN6O. The fourth-order valence-electron chi connectivity index (χ4n) is 3.59. The Morgan fingerprint density at radius 3 is 2.72 bits per heavy atom. The van der Waals surface area contributed by atoms with Crippen molar-refractivity contribution in [1.82, 2.24) is 25.3 Å². The van der Waals surface area contributed by atoms with E-state index in [2.05, 4.69) is 45.2 Å². The topological polar surface area (TPSA) is 93.0 Å². The second-order valence-electron chi connectivity index (χ2n) is 7.62. The van der Waals surface area contributed by atoms with E-state index in [1.165, 1.54) is 0 Å². The number of anilines is 1. The molecular weight excluding hydrogens is 388 g/mol. The number of nitrogens with one attached hydrogen (secondary N) is 1. The van der Waals surface area contributed by atoms with E-state index in [0.29, 0.717) is 10.8 Å². The molecule has 4 rings (SSSR count). The van der Waals surface area contributed by atoms with Crippen LogP contribution >= 0.6 is 11.6 Å². The minimum Gasteiger partial charge on any atom is -0.383 e. The van der Waals surface area contributed by atoms with Crippen LogP contribution in [-0.2, 0) is 11.3 Å². The van der Waals surface area contributed by atoms with Gasteiger partial charge in [-0.15, -0.1) is 5.10 Å². The van der Waals surface area contributed by atoms with Crippen LogP contribution in [0.1, 0.15) is 31.0 Å². The third kappa shape index (κ3) is 4.42. The fourth-order valence-corrected chi connectivity index (χ4v) is 3.84. The molecule has 2 aromatic heterocycles. The number of morpholine rings is 1. The molecule has 3 N–H and O–H groups in total. The molecule has 0 amide bonds. The zero-order valence-corrected chi connectivity index (χ0v) is 17.4. The molecule has 0 radical (unpaired) electrons. The van der Waals surface area contributed by atoms with Crippen LogP contribution < -0.4 is 5.73 Å². The quantitative estimate of drug-likeness (QED) is 0.663. The normalized spacial score (nSPS) is 15.2. The highest BCUT2D eigenvalue weighted by atomic mass is 35.5. The number of aromatic nitrogens is 4. The SMILES string of the molecule is CC(C)c1[nH]nnc1-c1cc(-c2cc(Cl)cc(CN3CCOCC3)c2)cnc1N. The van der Waals surface area contributed by atoms with Crippen molar-refractivity contribution < 1.29 is 4.74 Å². The Balaban J connectivity index is 1.69. The lowest BCUT2D eigenvalue weighted by Crippen LogP contribution is -2.35. The van der Waals surface area contributed by atoms with E-state index in [1.807, 2.05) is 18.2 Å². The largest absolute Gasteiger partial charge is 0.383 e. The summed E-state index contributed by atoms with van der Waals surface area (Å²) in [5.74, 6) is 0.675. The summed E-state index contributed by atoms with van der Waals surface area (Å²) in [6, 6.07) is 8.13. The average molecular weight is 413 g/mol. The number of rotatable bonds is 5. The third-order valence-electron chi connectivity index (χ3n) is 5.13. The maximum atomic E-state index is 6.44. The van der Waals surface area contributed by atoms with Gasteiger partial charge >= 0.3 is 0 Å². The Hall–Kier alpha value is -2.48. The predicted octanol–water partition coefficient (Wildman–Crippen LogP) is 3.72. The summed E-state index contributed by atoms with van der Waals surface area (Å²) in [6.07, 6.45) is 1.78. The number of hydrogen-bond donors (Lipinski definition) is 2. The highest BCUT2D eigenvalue weighted by molar-refractivity contribution is 6.31. The highest BCUT2D eigenvalue weighted by Crippen LogP contribution is 2.33. The number of pyridine rings is 1. The lowest BCUT2D eigenvalue weighted by molar-refractivity contribution is 0.0342. The van der Waals surface area contributed by atoms with E-state index in [-0.39, 0.29) is 5.92 Å². The molecule has 7 nitrogen and oxygen atoms in total. The van der Waals surface area contributed by atoms with Crippen LogP contribution in [0.25, 0.3) is 22.4 Å². The summed E-state index contributed by atoms with van der Waals surface area (Å²) in [4.78, 5) is 6.78. The van der Waals surface area contributed by atoms with Crippen molar-refractivity contribution in [2.75, 3.05) is 32.0 Å². The van der Waals surface area contributed by atoms with E-state index in [4.69, 9.17) is 22.1 Å². The summed E-state index contributed by atoms with van der Waals surface area (Å²) >= 11 is 6.44. The Kier molecular flexibility index (Phi) is 5.80. The van der Waals surface area contributed by atoms with Gasteiger partial charge in [0.25, 0.3) is 0 Å². The second kappa shape index (κ2) is 8.49. The maximum Gasteiger partial charge on any atom is 0.132 e. The second-order valence-corrected chi connectivity index (χ2v) is 8.06. The zero-order chi connectivity index (χ0) is 20.4. The molecule has 3 aromatic rings. The van der Waals surface area contributed by atoms with Gasteiger partial charge in [-0.1, -0.05) is 30.7 Å². The molecule has 0 saturated carbocycles. The van der Waals surface area contributed by atoms with Crippen LogP contribution in [0.5, 0.6) is 0 Å². The van der Waals surface area contributed by atoms with Crippen LogP contribution in [0.3, 0.4) is 0 Å². The summed E-state index contributed by atoms with van der Waals surface area (Å²) in [5, 5.41) is 11.9.